The first kappa shape index (κ1) is 14.9. The van der Waals surface area contributed by atoms with Gasteiger partial charge < -0.3 is 10.1 Å². The lowest BCUT2D eigenvalue weighted by atomic mass is 10.1. The standard InChI is InChI=1S/C16H25NO/c1-3-4-12-18-13-8-11-17-14-15(2)16-9-6-5-7-10-16/h5-7,9-10,17H,2-4,8,11-14H2,1H3. The van der Waals surface area contributed by atoms with Crippen LogP contribution in [0, 0.1) is 0 Å². The van der Waals surface area contributed by atoms with E-state index >= 15 is 0 Å². The summed E-state index contributed by atoms with van der Waals surface area (Å²) in [5.74, 6) is 0. The van der Waals surface area contributed by atoms with Crippen LogP contribution in [0.4, 0.5) is 0 Å². The van der Waals surface area contributed by atoms with E-state index in [1.165, 1.54) is 12.0 Å². The molecule has 1 rings (SSSR count). The highest BCUT2D eigenvalue weighted by Crippen LogP contribution is 2.09. The Labute approximate surface area is 111 Å². The van der Waals surface area contributed by atoms with Gasteiger partial charge in [0.15, 0.2) is 0 Å². The fraction of sp³-hybridized carbons (Fsp3) is 0.500. The zero-order chi connectivity index (χ0) is 13.1. The molecule has 0 heterocycles. The van der Waals surface area contributed by atoms with Crippen molar-refractivity contribution in [2.24, 2.45) is 0 Å². The largest absolute Gasteiger partial charge is 0.381 e. The van der Waals surface area contributed by atoms with Gasteiger partial charge in [-0.05, 0) is 30.5 Å². The molecule has 0 aliphatic carbocycles. The summed E-state index contributed by atoms with van der Waals surface area (Å²) < 4.78 is 5.50. The molecule has 100 valence electrons. The van der Waals surface area contributed by atoms with E-state index in [-0.39, 0.29) is 0 Å². The van der Waals surface area contributed by atoms with Crippen molar-refractivity contribution in [3.05, 3.63) is 42.5 Å². The predicted molar refractivity (Wildman–Crippen MR) is 78.7 cm³/mol. The average Bonchev–Trinajstić information content (AvgIpc) is 2.42. The van der Waals surface area contributed by atoms with Crippen molar-refractivity contribution in [2.45, 2.75) is 26.2 Å². The van der Waals surface area contributed by atoms with Gasteiger partial charge in [-0.3, -0.25) is 0 Å². The smallest absolute Gasteiger partial charge is 0.0478 e. The van der Waals surface area contributed by atoms with Crippen molar-refractivity contribution < 1.29 is 4.74 Å². The number of rotatable bonds is 10. The minimum absolute atomic E-state index is 0.846. The molecule has 1 aromatic carbocycles. The summed E-state index contributed by atoms with van der Waals surface area (Å²) >= 11 is 0. The molecule has 0 spiro atoms. The van der Waals surface area contributed by atoms with E-state index in [0.717, 1.165) is 44.7 Å². The zero-order valence-corrected chi connectivity index (χ0v) is 11.5. The topological polar surface area (TPSA) is 21.3 Å². The molecule has 18 heavy (non-hydrogen) atoms. The molecule has 0 aliphatic rings. The van der Waals surface area contributed by atoms with Gasteiger partial charge >= 0.3 is 0 Å². The molecule has 0 amide bonds. The Hall–Kier alpha value is -1.12. The first-order valence-corrected chi connectivity index (χ1v) is 6.86. The first-order chi connectivity index (χ1) is 8.84. The van der Waals surface area contributed by atoms with E-state index in [2.05, 4.69) is 31.0 Å². The van der Waals surface area contributed by atoms with Gasteiger partial charge in [-0.25, -0.2) is 0 Å². The van der Waals surface area contributed by atoms with Crippen molar-refractivity contribution in [3.63, 3.8) is 0 Å². The van der Waals surface area contributed by atoms with E-state index in [1.54, 1.807) is 0 Å². The van der Waals surface area contributed by atoms with E-state index in [0.29, 0.717) is 0 Å². The van der Waals surface area contributed by atoms with Crippen LogP contribution < -0.4 is 5.32 Å². The summed E-state index contributed by atoms with van der Waals surface area (Å²) in [5.41, 5.74) is 2.35. The number of nitrogens with one attached hydrogen (secondary N) is 1. The zero-order valence-electron chi connectivity index (χ0n) is 11.5. The summed E-state index contributed by atoms with van der Waals surface area (Å²) in [4.78, 5) is 0. The molecule has 0 radical (unpaired) electrons. The fourth-order valence-corrected chi connectivity index (χ4v) is 1.66. The first-order valence-electron chi connectivity index (χ1n) is 6.86. The molecule has 2 nitrogen and oxygen atoms in total. The number of hydrogen-bond donors (Lipinski definition) is 1. The molecule has 2 heteroatoms. The Morgan fingerprint density at radius 2 is 1.89 bits per heavy atom. The van der Waals surface area contributed by atoms with Crippen LogP contribution in [0.2, 0.25) is 0 Å². The Bertz CT molecular complexity index is 321. The van der Waals surface area contributed by atoms with Crippen LogP contribution in [0.25, 0.3) is 5.57 Å². The van der Waals surface area contributed by atoms with E-state index in [1.807, 2.05) is 18.2 Å². The molecule has 1 N–H and O–H groups in total. The van der Waals surface area contributed by atoms with Crippen LogP contribution >= 0.6 is 0 Å². The van der Waals surface area contributed by atoms with Gasteiger partial charge in [-0.2, -0.15) is 0 Å². The molecular formula is C16H25NO. The van der Waals surface area contributed by atoms with Crippen molar-refractivity contribution in [1.29, 1.82) is 0 Å². The Morgan fingerprint density at radius 3 is 2.61 bits per heavy atom. The van der Waals surface area contributed by atoms with Gasteiger partial charge in [0.2, 0.25) is 0 Å². The second kappa shape index (κ2) is 9.86. The lowest BCUT2D eigenvalue weighted by Crippen LogP contribution is -2.19. The normalized spacial score (nSPS) is 10.5. The maximum absolute atomic E-state index is 5.50. The maximum atomic E-state index is 5.50. The minimum atomic E-state index is 0.846. The summed E-state index contributed by atoms with van der Waals surface area (Å²) in [6.45, 7) is 9.85. The molecule has 0 saturated heterocycles. The lowest BCUT2D eigenvalue weighted by molar-refractivity contribution is 0.129. The SMILES string of the molecule is C=C(CNCCCOCCCC)c1ccccc1. The lowest BCUT2D eigenvalue weighted by Gasteiger charge is -2.08. The van der Waals surface area contributed by atoms with Crippen molar-refractivity contribution >= 4 is 5.57 Å². The summed E-state index contributed by atoms with van der Waals surface area (Å²) in [6, 6.07) is 10.3. The van der Waals surface area contributed by atoms with Crippen LogP contribution in [0.5, 0.6) is 0 Å². The van der Waals surface area contributed by atoms with Gasteiger partial charge in [0.1, 0.15) is 0 Å². The number of ether oxygens (including phenoxy) is 1. The highest BCUT2D eigenvalue weighted by molar-refractivity contribution is 5.64. The van der Waals surface area contributed by atoms with Gasteiger partial charge in [0.25, 0.3) is 0 Å². The van der Waals surface area contributed by atoms with Crippen LogP contribution in [-0.4, -0.2) is 26.3 Å². The van der Waals surface area contributed by atoms with Crippen LogP contribution in [0.15, 0.2) is 36.9 Å². The molecule has 0 atom stereocenters. The molecule has 0 aromatic heterocycles. The van der Waals surface area contributed by atoms with Crippen molar-refractivity contribution in [2.75, 3.05) is 26.3 Å². The monoisotopic (exact) mass is 247 g/mol. The quantitative estimate of drug-likeness (QED) is 0.639. The van der Waals surface area contributed by atoms with Gasteiger partial charge in [0.05, 0.1) is 0 Å². The van der Waals surface area contributed by atoms with Crippen LogP contribution in [0.3, 0.4) is 0 Å². The number of unbranched alkanes of at least 4 members (excludes halogenated alkanes) is 1. The third-order valence-electron chi connectivity index (χ3n) is 2.80. The molecule has 0 bridgehead atoms. The Morgan fingerprint density at radius 1 is 1.17 bits per heavy atom. The van der Waals surface area contributed by atoms with Crippen LogP contribution in [-0.2, 0) is 4.74 Å². The van der Waals surface area contributed by atoms with Crippen molar-refractivity contribution in [3.8, 4) is 0 Å². The molecule has 0 unspecified atom stereocenters. The third-order valence-corrected chi connectivity index (χ3v) is 2.80. The fourth-order valence-electron chi connectivity index (χ4n) is 1.66. The van der Waals surface area contributed by atoms with Gasteiger partial charge in [-0.15, -0.1) is 0 Å². The molecule has 0 aliphatic heterocycles. The maximum Gasteiger partial charge on any atom is 0.0478 e. The second-order valence-electron chi connectivity index (χ2n) is 4.47. The molecular weight excluding hydrogens is 222 g/mol. The van der Waals surface area contributed by atoms with E-state index in [4.69, 9.17) is 4.74 Å². The van der Waals surface area contributed by atoms with Gasteiger partial charge in [-0.1, -0.05) is 50.3 Å². The number of benzene rings is 1. The predicted octanol–water partition coefficient (Wildman–Crippen LogP) is 3.50. The molecule has 0 saturated carbocycles. The Balaban J connectivity index is 2.00. The van der Waals surface area contributed by atoms with E-state index < -0.39 is 0 Å². The van der Waals surface area contributed by atoms with Crippen molar-refractivity contribution in [1.82, 2.24) is 5.32 Å². The summed E-state index contributed by atoms with van der Waals surface area (Å²) in [6.07, 6.45) is 3.43. The Kier molecular flexibility index (Phi) is 8.19. The highest BCUT2D eigenvalue weighted by Gasteiger charge is 1.97. The molecule has 0 fully saturated rings. The summed E-state index contributed by atoms with van der Waals surface area (Å²) in [5, 5.41) is 3.40. The van der Waals surface area contributed by atoms with E-state index in [9.17, 15) is 0 Å². The number of hydrogen-bond acceptors (Lipinski definition) is 2. The van der Waals surface area contributed by atoms with Gasteiger partial charge in [0, 0.05) is 19.8 Å². The summed E-state index contributed by atoms with van der Waals surface area (Å²) in [7, 11) is 0. The van der Waals surface area contributed by atoms with Crippen LogP contribution in [0.1, 0.15) is 31.7 Å². The second-order valence-corrected chi connectivity index (χ2v) is 4.47. The molecule has 1 aromatic rings. The average molecular weight is 247 g/mol. The minimum Gasteiger partial charge on any atom is -0.381 e. The third kappa shape index (κ3) is 6.58. The highest BCUT2D eigenvalue weighted by atomic mass is 16.5.